The van der Waals surface area contributed by atoms with E-state index in [1.54, 1.807) is 0 Å². The lowest BCUT2D eigenvalue weighted by Crippen LogP contribution is -2.30. The Kier molecular flexibility index (Phi) is 60.2. The lowest BCUT2D eigenvalue weighted by Gasteiger charge is -2.21. The molecule has 87 heavy (non-hydrogen) atoms. The molecule has 516 valence electrons. The summed E-state index contributed by atoms with van der Waals surface area (Å²) in [5, 5.41) is 10.5. The Labute approximate surface area is 530 Å². The lowest BCUT2D eigenvalue weighted by atomic mass is 10.0. The number of rotatable bonds is 68. The summed E-state index contributed by atoms with van der Waals surface area (Å²) in [6.45, 7) is 7.09. The summed E-state index contributed by atoms with van der Waals surface area (Å²) in [7, 11) is -9.88. The second kappa shape index (κ2) is 61.6. The molecule has 0 aliphatic rings. The van der Waals surface area contributed by atoms with Gasteiger partial charge in [0.05, 0.1) is 26.4 Å². The molecule has 0 saturated heterocycles. The van der Waals surface area contributed by atoms with Crippen molar-refractivity contribution < 1.29 is 80.2 Å². The summed E-state index contributed by atoms with van der Waals surface area (Å²) in [5.74, 6) is -1.37. The number of hydrogen-bond donors (Lipinski definition) is 3. The fourth-order valence-corrected chi connectivity index (χ4v) is 11.9. The van der Waals surface area contributed by atoms with Gasteiger partial charge in [0.2, 0.25) is 0 Å². The van der Waals surface area contributed by atoms with Crippen LogP contribution in [0.1, 0.15) is 349 Å². The molecule has 0 heterocycles. The molecule has 0 fully saturated rings. The van der Waals surface area contributed by atoms with Crippen LogP contribution in [0.25, 0.3) is 0 Å². The number of aliphatic hydroxyl groups is 1. The third-order valence-corrected chi connectivity index (χ3v) is 17.7. The van der Waals surface area contributed by atoms with Gasteiger partial charge in [-0.25, -0.2) is 9.13 Å². The summed E-state index contributed by atoms with van der Waals surface area (Å²) in [4.78, 5) is 72.0. The van der Waals surface area contributed by atoms with Gasteiger partial charge in [-0.1, -0.05) is 298 Å². The first kappa shape index (κ1) is 85.1. The van der Waals surface area contributed by atoms with Gasteiger partial charge in [0.15, 0.2) is 12.2 Å². The molecule has 0 saturated carbocycles. The van der Waals surface area contributed by atoms with E-state index in [2.05, 4.69) is 34.6 Å². The van der Waals surface area contributed by atoms with Gasteiger partial charge in [0.25, 0.3) is 0 Å². The highest BCUT2D eigenvalue weighted by Crippen LogP contribution is 2.45. The van der Waals surface area contributed by atoms with Crippen molar-refractivity contribution in [2.24, 2.45) is 5.92 Å². The predicted octanol–water partition coefficient (Wildman–Crippen LogP) is 19.4. The molecule has 0 aromatic rings. The SMILES string of the molecule is CCCCCCCCCCCCCCCCCCCCCCCC(=O)O[C@H](COC(=O)CCCCCCCCCCCCCC(C)C)COP(=O)(O)OC[C@@H](O)COP(=O)(O)OC[C@@H](COC(=O)CCCCCCC)OC(=O)CCCCCCCCC. The second-order valence-electron chi connectivity index (χ2n) is 25.0. The Morgan fingerprint density at radius 1 is 0.310 bits per heavy atom. The maximum Gasteiger partial charge on any atom is 0.472 e. The zero-order valence-electron chi connectivity index (χ0n) is 56.2. The van der Waals surface area contributed by atoms with Gasteiger partial charge < -0.3 is 33.8 Å². The summed E-state index contributed by atoms with van der Waals surface area (Å²) in [6.07, 6.45) is 47.9. The van der Waals surface area contributed by atoms with Crippen molar-refractivity contribution in [3.63, 3.8) is 0 Å². The van der Waals surface area contributed by atoms with Crippen LogP contribution in [0.2, 0.25) is 0 Å². The summed E-state index contributed by atoms with van der Waals surface area (Å²) >= 11 is 0. The number of esters is 4. The summed E-state index contributed by atoms with van der Waals surface area (Å²) in [6, 6.07) is 0. The molecule has 0 aromatic heterocycles. The third kappa shape index (κ3) is 62.6. The maximum atomic E-state index is 13.0. The van der Waals surface area contributed by atoms with E-state index in [0.29, 0.717) is 25.7 Å². The zero-order chi connectivity index (χ0) is 64.2. The Morgan fingerprint density at radius 2 is 0.529 bits per heavy atom. The molecule has 2 unspecified atom stereocenters. The molecule has 0 aliphatic heterocycles. The molecule has 5 atom stereocenters. The van der Waals surface area contributed by atoms with Crippen LogP contribution < -0.4 is 0 Å². The number of hydrogen-bond acceptors (Lipinski definition) is 15. The molecule has 0 aromatic carbocycles. The topological polar surface area (TPSA) is 237 Å². The minimum atomic E-state index is -4.95. The maximum absolute atomic E-state index is 13.0. The van der Waals surface area contributed by atoms with Crippen LogP contribution in [-0.4, -0.2) is 96.7 Å². The number of phosphoric ester groups is 2. The first-order valence-electron chi connectivity index (χ1n) is 35.6. The number of carbonyl (C=O) groups excluding carboxylic acids is 4. The molecule has 0 amide bonds. The van der Waals surface area contributed by atoms with Crippen molar-refractivity contribution in [3.8, 4) is 0 Å². The lowest BCUT2D eigenvalue weighted by molar-refractivity contribution is -0.161. The summed E-state index contributed by atoms with van der Waals surface area (Å²) < 4.78 is 67.8. The number of carbonyl (C=O) groups is 4. The number of phosphoric acid groups is 2. The summed E-state index contributed by atoms with van der Waals surface area (Å²) in [5.41, 5.74) is 0. The average molecular weight is 1280 g/mol. The molecule has 0 rings (SSSR count). The van der Waals surface area contributed by atoms with Crippen molar-refractivity contribution in [1.29, 1.82) is 0 Å². The van der Waals surface area contributed by atoms with Crippen LogP contribution in [0.15, 0.2) is 0 Å². The molecule has 0 radical (unpaired) electrons. The van der Waals surface area contributed by atoms with Crippen LogP contribution in [0, 0.1) is 5.92 Å². The minimum absolute atomic E-state index is 0.103. The van der Waals surface area contributed by atoms with Crippen LogP contribution in [0.4, 0.5) is 0 Å². The Bertz CT molecular complexity index is 1690. The van der Waals surface area contributed by atoms with Gasteiger partial charge in [-0.05, 0) is 31.6 Å². The Balaban J connectivity index is 5.08. The van der Waals surface area contributed by atoms with Crippen molar-refractivity contribution in [2.75, 3.05) is 39.6 Å². The molecular formula is C68H132O17P2. The van der Waals surface area contributed by atoms with E-state index in [1.165, 1.54) is 154 Å². The van der Waals surface area contributed by atoms with Crippen LogP contribution in [-0.2, 0) is 65.4 Å². The van der Waals surface area contributed by atoms with E-state index in [-0.39, 0.29) is 25.7 Å². The smallest absolute Gasteiger partial charge is 0.462 e. The Morgan fingerprint density at radius 3 is 0.782 bits per heavy atom. The molecule has 0 bridgehead atoms. The molecule has 0 spiro atoms. The minimum Gasteiger partial charge on any atom is -0.462 e. The van der Waals surface area contributed by atoms with Gasteiger partial charge >= 0.3 is 39.5 Å². The fourth-order valence-electron chi connectivity index (χ4n) is 10.3. The van der Waals surface area contributed by atoms with Crippen molar-refractivity contribution in [2.45, 2.75) is 368 Å². The number of aliphatic hydroxyl groups excluding tert-OH is 1. The standard InChI is InChI=1S/C68H132O17P2/c1-6-9-12-15-17-18-19-20-21-22-23-24-25-26-27-28-31-35-39-44-49-54-68(73)85-64(58-79-66(71)52-47-42-38-34-32-29-30-33-37-41-45-50-61(4)5)60-83-87(76,77)81-56-62(69)55-80-86(74,75)82-59-63(57-78-65(70)51-46-40-14-11-8-3)84-67(72)53-48-43-36-16-13-10-7-2/h61-64,69H,6-60H2,1-5H3,(H,74,75)(H,76,77)/t62-,63+,64+/m0/s1. The van der Waals surface area contributed by atoms with Gasteiger partial charge in [-0.3, -0.25) is 37.3 Å². The second-order valence-corrected chi connectivity index (χ2v) is 27.9. The van der Waals surface area contributed by atoms with E-state index >= 15 is 0 Å². The normalized spacial score (nSPS) is 14.1. The molecule has 19 heteroatoms. The third-order valence-electron chi connectivity index (χ3n) is 15.8. The average Bonchev–Trinajstić information content (AvgIpc) is 3.59. The van der Waals surface area contributed by atoms with Crippen molar-refractivity contribution in [3.05, 3.63) is 0 Å². The monoisotopic (exact) mass is 1280 g/mol. The van der Waals surface area contributed by atoms with Crippen molar-refractivity contribution in [1.82, 2.24) is 0 Å². The van der Waals surface area contributed by atoms with E-state index in [1.807, 2.05) is 0 Å². The first-order chi connectivity index (χ1) is 42.0. The molecular weight excluding hydrogens is 1150 g/mol. The van der Waals surface area contributed by atoms with Gasteiger partial charge in [0.1, 0.15) is 19.3 Å². The molecule has 17 nitrogen and oxygen atoms in total. The highest BCUT2D eigenvalue weighted by Gasteiger charge is 2.30. The highest BCUT2D eigenvalue weighted by atomic mass is 31.2. The molecule has 0 aliphatic carbocycles. The number of unbranched alkanes of at least 4 members (excludes halogenated alkanes) is 40. The highest BCUT2D eigenvalue weighted by molar-refractivity contribution is 7.47. The fraction of sp³-hybridized carbons (Fsp3) is 0.941. The first-order valence-corrected chi connectivity index (χ1v) is 38.6. The predicted molar refractivity (Wildman–Crippen MR) is 349 cm³/mol. The largest absolute Gasteiger partial charge is 0.472 e. The van der Waals surface area contributed by atoms with E-state index in [4.69, 9.17) is 37.0 Å². The van der Waals surface area contributed by atoms with Crippen LogP contribution >= 0.6 is 15.6 Å². The molecule has 3 N–H and O–H groups in total. The zero-order valence-corrected chi connectivity index (χ0v) is 57.9. The van der Waals surface area contributed by atoms with Crippen LogP contribution in [0.3, 0.4) is 0 Å². The Hall–Kier alpha value is -1.94. The quantitative estimate of drug-likeness (QED) is 0.0222. The van der Waals surface area contributed by atoms with Crippen LogP contribution in [0.5, 0.6) is 0 Å². The van der Waals surface area contributed by atoms with Gasteiger partial charge in [-0.15, -0.1) is 0 Å². The van der Waals surface area contributed by atoms with Crippen molar-refractivity contribution >= 4 is 39.5 Å². The van der Waals surface area contributed by atoms with E-state index in [9.17, 15) is 43.2 Å². The van der Waals surface area contributed by atoms with Gasteiger partial charge in [0, 0.05) is 25.7 Å². The number of ether oxygens (including phenoxy) is 4. The van der Waals surface area contributed by atoms with Gasteiger partial charge in [-0.2, -0.15) is 0 Å². The van der Waals surface area contributed by atoms with E-state index < -0.39 is 97.5 Å². The van der Waals surface area contributed by atoms with E-state index in [0.717, 1.165) is 115 Å².